The lowest BCUT2D eigenvalue weighted by atomic mass is 10.1. The van der Waals surface area contributed by atoms with Gasteiger partial charge in [-0.3, -0.25) is 0 Å². The van der Waals surface area contributed by atoms with E-state index in [0.717, 1.165) is 22.1 Å². The summed E-state index contributed by atoms with van der Waals surface area (Å²) in [5.74, 6) is 0. The van der Waals surface area contributed by atoms with E-state index in [1.54, 1.807) is 22.7 Å². The molecule has 3 aromatic rings. The third-order valence-electron chi connectivity index (χ3n) is 2.79. The monoisotopic (exact) mass is 248 g/mol. The number of fused-ring (bicyclic) bond motifs is 3. The van der Waals surface area contributed by atoms with Gasteiger partial charge in [0.1, 0.15) is 0 Å². The summed E-state index contributed by atoms with van der Waals surface area (Å²) in [5.41, 5.74) is 13.6. The summed E-state index contributed by atoms with van der Waals surface area (Å²) in [6.07, 6.45) is 0. The Bertz CT molecular complexity index is 645. The van der Waals surface area contributed by atoms with Gasteiger partial charge in [0, 0.05) is 20.5 Å². The molecule has 0 amide bonds. The summed E-state index contributed by atoms with van der Waals surface area (Å²) in [6.45, 7) is 4.21. The molecule has 0 radical (unpaired) electrons. The van der Waals surface area contributed by atoms with E-state index in [1.807, 2.05) is 0 Å². The van der Waals surface area contributed by atoms with Crippen LogP contribution in [0.15, 0.2) is 12.1 Å². The van der Waals surface area contributed by atoms with Gasteiger partial charge in [0.25, 0.3) is 0 Å². The molecule has 2 nitrogen and oxygen atoms in total. The van der Waals surface area contributed by atoms with Crippen molar-refractivity contribution >= 4 is 54.2 Å². The fourth-order valence-electron chi connectivity index (χ4n) is 2.06. The molecule has 16 heavy (non-hydrogen) atoms. The zero-order chi connectivity index (χ0) is 11.4. The second kappa shape index (κ2) is 3.12. The molecule has 0 saturated heterocycles. The minimum absolute atomic E-state index is 0.727. The lowest BCUT2D eigenvalue weighted by Gasteiger charge is -2.03. The Hall–Kier alpha value is -1.26. The highest BCUT2D eigenvalue weighted by Gasteiger charge is 2.14. The van der Waals surface area contributed by atoms with E-state index in [0.29, 0.717) is 0 Å². The Kier molecular flexibility index (Phi) is 1.94. The average molecular weight is 248 g/mol. The second-order valence-corrected chi connectivity index (χ2v) is 6.54. The van der Waals surface area contributed by atoms with Gasteiger partial charge in [-0.1, -0.05) is 0 Å². The third-order valence-corrected chi connectivity index (χ3v) is 5.05. The smallest absolute Gasteiger partial charge is 0.0643 e. The number of nitrogen functional groups attached to an aromatic ring is 2. The molecule has 0 unspecified atom stereocenters. The number of aryl methyl sites for hydroxylation is 2. The van der Waals surface area contributed by atoms with Crippen molar-refractivity contribution in [1.29, 1.82) is 0 Å². The largest absolute Gasteiger partial charge is 0.397 e. The van der Waals surface area contributed by atoms with Gasteiger partial charge in [-0.15, -0.1) is 22.7 Å². The SMILES string of the molecule is Cc1cc2c(N)c(N)c3cc(C)sc3c2s1. The van der Waals surface area contributed by atoms with Crippen molar-refractivity contribution in [3.63, 3.8) is 0 Å². The molecule has 1 aromatic carbocycles. The van der Waals surface area contributed by atoms with E-state index >= 15 is 0 Å². The van der Waals surface area contributed by atoms with Crippen LogP contribution < -0.4 is 11.5 Å². The maximum Gasteiger partial charge on any atom is 0.0643 e. The lowest BCUT2D eigenvalue weighted by Crippen LogP contribution is -1.94. The van der Waals surface area contributed by atoms with Gasteiger partial charge in [-0.05, 0) is 26.0 Å². The number of benzene rings is 1. The van der Waals surface area contributed by atoms with E-state index in [9.17, 15) is 0 Å². The van der Waals surface area contributed by atoms with Gasteiger partial charge in [0.15, 0.2) is 0 Å². The maximum atomic E-state index is 6.09. The van der Waals surface area contributed by atoms with Gasteiger partial charge in [0.05, 0.1) is 20.8 Å². The zero-order valence-corrected chi connectivity index (χ0v) is 10.8. The molecule has 4 heteroatoms. The first-order valence-corrected chi connectivity index (χ1v) is 6.68. The number of hydrogen-bond donors (Lipinski definition) is 2. The van der Waals surface area contributed by atoms with Crippen molar-refractivity contribution in [1.82, 2.24) is 0 Å². The Morgan fingerprint density at radius 1 is 0.812 bits per heavy atom. The third kappa shape index (κ3) is 1.17. The molecule has 0 bridgehead atoms. The van der Waals surface area contributed by atoms with E-state index in [4.69, 9.17) is 11.5 Å². The highest BCUT2D eigenvalue weighted by Crippen LogP contribution is 2.44. The van der Waals surface area contributed by atoms with Crippen molar-refractivity contribution in [2.75, 3.05) is 11.5 Å². The fraction of sp³-hybridized carbons (Fsp3) is 0.167. The zero-order valence-electron chi connectivity index (χ0n) is 9.13. The first-order chi connectivity index (χ1) is 7.58. The molecule has 2 heterocycles. The summed E-state index contributed by atoms with van der Waals surface area (Å²) < 4.78 is 2.55. The summed E-state index contributed by atoms with van der Waals surface area (Å²) in [7, 11) is 0. The van der Waals surface area contributed by atoms with Crippen LogP contribution in [0.5, 0.6) is 0 Å². The topological polar surface area (TPSA) is 52.0 Å². The van der Waals surface area contributed by atoms with E-state index in [1.165, 1.54) is 19.2 Å². The van der Waals surface area contributed by atoms with Crippen LogP contribution in [0.4, 0.5) is 11.4 Å². The molecular formula is C12H12N2S2. The fourth-order valence-corrected chi connectivity index (χ4v) is 4.27. The van der Waals surface area contributed by atoms with Crippen molar-refractivity contribution in [3.05, 3.63) is 21.9 Å². The Morgan fingerprint density at radius 2 is 1.19 bits per heavy atom. The molecule has 3 rings (SSSR count). The van der Waals surface area contributed by atoms with Crippen LogP contribution in [0.2, 0.25) is 0 Å². The highest BCUT2D eigenvalue weighted by molar-refractivity contribution is 7.27. The number of nitrogens with two attached hydrogens (primary N) is 2. The maximum absolute atomic E-state index is 6.09. The first kappa shape index (κ1) is 9.93. The van der Waals surface area contributed by atoms with Gasteiger partial charge < -0.3 is 11.5 Å². The molecule has 0 aliphatic heterocycles. The van der Waals surface area contributed by atoms with E-state index < -0.39 is 0 Å². The van der Waals surface area contributed by atoms with Crippen LogP contribution in [0.25, 0.3) is 20.2 Å². The van der Waals surface area contributed by atoms with Crippen LogP contribution in [0.3, 0.4) is 0 Å². The van der Waals surface area contributed by atoms with Crippen molar-refractivity contribution in [2.45, 2.75) is 13.8 Å². The summed E-state index contributed by atoms with van der Waals surface area (Å²) in [4.78, 5) is 2.55. The molecule has 0 aliphatic rings. The molecule has 2 aromatic heterocycles. The Balaban J connectivity index is 2.66. The van der Waals surface area contributed by atoms with Crippen LogP contribution in [0, 0.1) is 13.8 Å². The molecule has 82 valence electrons. The van der Waals surface area contributed by atoms with Crippen LogP contribution in [0.1, 0.15) is 9.75 Å². The van der Waals surface area contributed by atoms with Crippen LogP contribution in [-0.2, 0) is 0 Å². The van der Waals surface area contributed by atoms with Gasteiger partial charge in [0.2, 0.25) is 0 Å². The number of anilines is 2. The number of rotatable bonds is 0. The second-order valence-electron chi connectivity index (χ2n) is 4.03. The minimum atomic E-state index is 0.727. The van der Waals surface area contributed by atoms with Gasteiger partial charge >= 0.3 is 0 Å². The van der Waals surface area contributed by atoms with Gasteiger partial charge in [-0.25, -0.2) is 0 Å². The summed E-state index contributed by atoms with van der Waals surface area (Å²) in [5, 5.41) is 2.21. The molecule has 0 spiro atoms. The number of hydrogen-bond acceptors (Lipinski definition) is 4. The summed E-state index contributed by atoms with van der Waals surface area (Å²) >= 11 is 3.59. The Labute approximate surface area is 101 Å². The van der Waals surface area contributed by atoms with Crippen LogP contribution in [-0.4, -0.2) is 0 Å². The van der Waals surface area contributed by atoms with E-state index in [2.05, 4.69) is 26.0 Å². The quantitative estimate of drug-likeness (QED) is 0.468. The van der Waals surface area contributed by atoms with E-state index in [-0.39, 0.29) is 0 Å². The Morgan fingerprint density at radius 3 is 1.56 bits per heavy atom. The van der Waals surface area contributed by atoms with Crippen LogP contribution >= 0.6 is 22.7 Å². The van der Waals surface area contributed by atoms with Crippen molar-refractivity contribution in [3.8, 4) is 0 Å². The molecule has 0 fully saturated rings. The molecule has 0 atom stereocenters. The van der Waals surface area contributed by atoms with Crippen molar-refractivity contribution < 1.29 is 0 Å². The molecule has 0 aliphatic carbocycles. The number of thiophene rings is 2. The molecule has 4 N–H and O–H groups in total. The standard InChI is InChI=1S/C12H12N2S2/c1-5-3-7-9(13)10(14)8-4-6(2)16-12(8)11(7)15-5/h3-4H,13-14H2,1-2H3. The summed E-state index contributed by atoms with van der Waals surface area (Å²) in [6, 6.07) is 4.25. The predicted molar refractivity (Wildman–Crippen MR) is 75.5 cm³/mol. The lowest BCUT2D eigenvalue weighted by molar-refractivity contribution is 1.65. The molecule has 0 saturated carbocycles. The molecular weight excluding hydrogens is 236 g/mol. The normalized spacial score (nSPS) is 11.6. The highest BCUT2D eigenvalue weighted by atomic mass is 32.1. The van der Waals surface area contributed by atoms with Gasteiger partial charge in [-0.2, -0.15) is 0 Å². The van der Waals surface area contributed by atoms with Crippen molar-refractivity contribution in [2.24, 2.45) is 0 Å². The first-order valence-electron chi connectivity index (χ1n) is 5.05. The average Bonchev–Trinajstić information content (AvgIpc) is 2.78. The minimum Gasteiger partial charge on any atom is -0.397 e. The predicted octanol–water partition coefficient (Wildman–Crippen LogP) is 3.90.